The number of nitrogens with one attached hydrogen (secondary N) is 1. The summed E-state index contributed by atoms with van der Waals surface area (Å²) in [6.07, 6.45) is 6.09. The van der Waals surface area contributed by atoms with E-state index in [0.717, 1.165) is 49.2 Å². The molecule has 2 amide bonds. The monoisotopic (exact) mass is 672 g/mol. The lowest BCUT2D eigenvalue weighted by Gasteiger charge is -2.28. The molecular weight excluding hydrogens is 624 g/mol. The third-order valence-corrected chi connectivity index (χ3v) is 10.2. The van der Waals surface area contributed by atoms with E-state index in [9.17, 15) is 19.5 Å². The van der Waals surface area contributed by atoms with Crippen molar-refractivity contribution in [3.05, 3.63) is 112 Å². The normalized spacial score (nSPS) is 18.2. The van der Waals surface area contributed by atoms with Crippen LogP contribution in [0.4, 0.5) is 11.4 Å². The van der Waals surface area contributed by atoms with Crippen LogP contribution >= 0.6 is 0 Å². The molecule has 3 aromatic carbocycles. The molecule has 0 saturated heterocycles. The van der Waals surface area contributed by atoms with Gasteiger partial charge in [-0.3, -0.25) is 14.4 Å². The fourth-order valence-electron chi connectivity index (χ4n) is 7.28. The molecule has 2 N–H and O–H groups in total. The van der Waals surface area contributed by atoms with E-state index in [0.29, 0.717) is 29.3 Å². The first-order valence-corrected chi connectivity index (χ1v) is 18.0. The highest BCUT2D eigenvalue weighted by molar-refractivity contribution is 6.44. The zero-order valence-corrected chi connectivity index (χ0v) is 29.8. The number of hydrogen-bond donors (Lipinski definition) is 2. The molecule has 3 aromatic rings. The number of benzene rings is 3. The molecule has 0 atom stereocenters. The summed E-state index contributed by atoms with van der Waals surface area (Å²) in [6.45, 7) is 11.1. The zero-order valence-electron chi connectivity index (χ0n) is 29.8. The van der Waals surface area contributed by atoms with Crippen molar-refractivity contribution in [1.82, 2.24) is 5.01 Å². The van der Waals surface area contributed by atoms with Gasteiger partial charge >= 0.3 is 0 Å². The first-order chi connectivity index (χ1) is 24.0. The fourth-order valence-corrected chi connectivity index (χ4v) is 7.28. The van der Waals surface area contributed by atoms with E-state index in [1.165, 1.54) is 17.9 Å². The van der Waals surface area contributed by atoms with Crippen LogP contribution in [0.5, 0.6) is 0 Å². The Kier molecular flexibility index (Phi) is 10.1. The summed E-state index contributed by atoms with van der Waals surface area (Å²) in [6, 6.07) is 24.5. The van der Waals surface area contributed by atoms with Crippen LogP contribution in [-0.4, -0.2) is 46.5 Å². The smallest absolute Gasteiger partial charge is 0.277 e. The second kappa shape index (κ2) is 14.5. The van der Waals surface area contributed by atoms with Gasteiger partial charge in [0.1, 0.15) is 11.8 Å². The van der Waals surface area contributed by atoms with Gasteiger partial charge in [0.05, 0.1) is 28.1 Å². The Morgan fingerprint density at radius 1 is 0.900 bits per heavy atom. The number of allylic oxidation sites excluding steroid dienone is 2. The molecule has 0 radical (unpaired) electrons. The predicted molar refractivity (Wildman–Crippen MR) is 200 cm³/mol. The number of hydrogen-bond acceptors (Lipinski definition) is 6. The quantitative estimate of drug-likeness (QED) is 0.199. The number of aliphatic hydroxyl groups is 1. The van der Waals surface area contributed by atoms with Crippen LogP contribution < -0.4 is 10.2 Å². The second-order valence-corrected chi connectivity index (χ2v) is 14.5. The minimum absolute atomic E-state index is 0.00142. The minimum atomic E-state index is -0.686. The highest BCUT2D eigenvalue weighted by atomic mass is 16.3. The summed E-state index contributed by atoms with van der Waals surface area (Å²) in [5.41, 5.74) is 3.65. The average molecular weight is 673 g/mol. The zero-order chi connectivity index (χ0) is 35.6. The number of rotatable bonds is 11. The standard InChI is InChI=1S/C42H48N4O4/c1-6-45(7-2)30-23-24-31(33(26-30)43-41(50)42(3,4)5)34-38(47)36(39(34)48)35-32(25-22-27-16-14-15-17-27)44-46(40(35)49)37(28-18-10-8-11-19-28)29-20-12-9-13-21-29/h8-13,18-21,23-24,26-27,37,47H,6-7,14-17,22,25H2,1-5H3,(H,43,50). The van der Waals surface area contributed by atoms with Crippen molar-refractivity contribution in [3.63, 3.8) is 0 Å². The maximum Gasteiger partial charge on any atom is 0.277 e. The molecule has 2 aliphatic carbocycles. The lowest BCUT2D eigenvalue weighted by atomic mass is 9.78. The number of carbonyl (C=O) groups excluding carboxylic acids is 3. The van der Waals surface area contributed by atoms with Gasteiger partial charge in [-0.25, -0.2) is 5.01 Å². The maximum absolute atomic E-state index is 14.6. The van der Waals surface area contributed by atoms with Gasteiger partial charge in [0.25, 0.3) is 5.91 Å². The summed E-state index contributed by atoms with van der Waals surface area (Å²) in [4.78, 5) is 44.2. The first-order valence-electron chi connectivity index (χ1n) is 18.0. The first kappa shape index (κ1) is 34.9. The average Bonchev–Trinajstić information content (AvgIpc) is 3.74. The lowest BCUT2D eigenvalue weighted by Crippen LogP contribution is -2.32. The van der Waals surface area contributed by atoms with Crippen LogP contribution in [-0.2, 0) is 14.4 Å². The van der Waals surface area contributed by atoms with Gasteiger partial charge in [0, 0.05) is 29.8 Å². The second-order valence-electron chi connectivity index (χ2n) is 14.5. The molecule has 0 aromatic heterocycles. The molecule has 0 unspecified atom stereocenters. The van der Waals surface area contributed by atoms with E-state index in [2.05, 4.69) is 24.1 Å². The van der Waals surface area contributed by atoms with E-state index in [-0.39, 0.29) is 28.4 Å². The van der Waals surface area contributed by atoms with E-state index in [1.54, 1.807) is 6.07 Å². The molecule has 8 heteroatoms. The largest absolute Gasteiger partial charge is 0.506 e. The predicted octanol–water partition coefficient (Wildman–Crippen LogP) is 8.62. The van der Waals surface area contributed by atoms with Crippen molar-refractivity contribution in [2.45, 2.75) is 79.2 Å². The number of nitrogens with zero attached hydrogens (tertiary/aromatic N) is 3. The van der Waals surface area contributed by atoms with E-state index < -0.39 is 23.1 Å². The molecular formula is C42H48N4O4. The van der Waals surface area contributed by atoms with Crippen molar-refractivity contribution in [1.29, 1.82) is 0 Å². The van der Waals surface area contributed by atoms with Crippen LogP contribution in [0.15, 0.2) is 101 Å². The molecule has 1 fully saturated rings. The fraction of sp³-hybridized carbons (Fsp3) is 0.381. The molecule has 3 aliphatic rings. The Morgan fingerprint density at radius 3 is 2.04 bits per heavy atom. The van der Waals surface area contributed by atoms with E-state index in [4.69, 9.17) is 5.10 Å². The molecule has 1 aliphatic heterocycles. The number of Topliss-reactive ketones (excluding diaryl/α,β-unsaturated/α-hetero) is 1. The van der Waals surface area contributed by atoms with E-state index in [1.807, 2.05) is 93.6 Å². The van der Waals surface area contributed by atoms with Gasteiger partial charge in [-0.1, -0.05) is 107 Å². The summed E-state index contributed by atoms with van der Waals surface area (Å²) >= 11 is 0. The van der Waals surface area contributed by atoms with Gasteiger partial charge in [0.15, 0.2) is 0 Å². The number of anilines is 2. The van der Waals surface area contributed by atoms with Gasteiger partial charge in [0.2, 0.25) is 11.7 Å². The third kappa shape index (κ3) is 6.76. The molecule has 260 valence electrons. The Bertz CT molecular complexity index is 1820. The third-order valence-electron chi connectivity index (χ3n) is 10.2. The molecule has 1 heterocycles. The molecule has 0 bridgehead atoms. The summed E-state index contributed by atoms with van der Waals surface area (Å²) in [5, 5.41) is 21.2. The maximum atomic E-state index is 14.6. The topological polar surface area (TPSA) is 102 Å². The van der Waals surface area contributed by atoms with Gasteiger partial charge in [-0.05, 0) is 61.9 Å². The Morgan fingerprint density at radius 2 is 1.50 bits per heavy atom. The van der Waals surface area contributed by atoms with Crippen molar-refractivity contribution in [3.8, 4) is 0 Å². The highest BCUT2D eigenvalue weighted by Gasteiger charge is 2.46. The number of hydrazone groups is 1. The molecule has 1 saturated carbocycles. The molecule has 6 rings (SSSR count). The van der Waals surface area contributed by atoms with Crippen LogP contribution in [0, 0.1) is 11.3 Å². The van der Waals surface area contributed by atoms with Crippen molar-refractivity contribution >= 4 is 40.3 Å². The van der Waals surface area contributed by atoms with Crippen molar-refractivity contribution < 1.29 is 19.5 Å². The minimum Gasteiger partial charge on any atom is -0.506 e. The summed E-state index contributed by atoms with van der Waals surface area (Å²) in [5.74, 6) is -0.749. The van der Waals surface area contributed by atoms with Crippen molar-refractivity contribution in [2.24, 2.45) is 16.4 Å². The summed E-state index contributed by atoms with van der Waals surface area (Å²) < 4.78 is 0. The van der Waals surface area contributed by atoms with Gasteiger partial charge in [-0.2, -0.15) is 5.10 Å². The molecule has 50 heavy (non-hydrogen) atoms. The Hall–Kier alpha value is -4.98. The number of aliphatic hydroxyl groups excluding tert-OH is 1. The van der Waals surface area contributed by atoms with Crippen LogP contribution in [0.1, 0.15) is 95.9 Å². The van der Waals surface area contributed by atoms with Crippen molar-refractivity contribution in [2.75, 3.05) is 23.3 Å². The molecule has 0 spiro atoms. The van der Waals surface area contributed by atoms with E-state index >= 15 is 0 Å². The summed E-state index contributed by atoms with van der Waals surface area (Å²) in [7, 11) is 0. The van der Waals surface area contributed by atoms with Gasteiger partial charge in [-0.15, -0.1) is 0 Å². The number of amides is 2. The highest BCUT2D eigenvalue weighted by Crippen LogP contribution is 2.45. The Labute approximate surface area is 295 Å². The van der Waals surface area contributed by atoms with Crippen LogP contribution in [0.3, 0.4) is 0 Å². The van der Waals surface area contributed by atoms with Gasteiger partial charge < -0.3 is 15.3 Å². The molecule has 8 nitrogen and oxygen atoms in total. The van der Waals surface area contributed by atoms with Crippen LogP contribution in [0.25, 0.3) is 5.57 Å². The number of carbonyl (C=O) groups is 3. The SMILES string of the molecule is CCN(CC)c1ccc(C2=C(O)C(=C3C(=O)N(C(c4ccccc4)c4ccccc4)N=C3CCC3CCCC3)C2=O)c(NC(=O)C(C)(C)C)c1. The lowest BCUT2D eigenvalue weighted by molar-refractivity contribution is -0.127. The Balaban J connectivity index is 1.45. The number of ketones is 1. The van der Waals surface area contributed by atoms with Crippen LogP contribution in [0.2, 0.25) is 0 Å².